The molecule has 0 radical (unpaired) electrons. The van der Waals surface area contributed by atoms with Crippen LogP contribution in [0.1, 0.15) is 17.0 Å². The van der Waals surface area contributed by atoms with Crippen molar-refractivity contribution >= 4 is 17.8 Å². The molecular formula is C20H20N2O5. The van der Waals surface area contributed by atoms with E-state index in [1.54, 1.807) is 38.4 Å². The van der Waals surface area contributed by atoms with Crippen LogP contribution in [0.3, 0.4) is 0 Å². The van der Waals surface area contributed by atoms with Crippen LogP contribution in [0.5, 0.6) is 11.5 Å². The number of para-hydroxylation sites is 2. The predicted octanol–water partition coefficient (Wildman–Crippen LogP) is 1.67. The molecule has 7 nitrogen and oxygen atoms in total. The highest BCUT2D eigenvalue weighted by atomic mass is 16.5. The summed E-state index contributed by atoms with van der Waals surface area (Å²) in [5.74, 6) is -0.845. The molecule has 140 valence electrons. The van der Waals surface area contributed by atoms with Gasteiger partial charge < -0.3 is 19.7 Å². The Morgan fingerprint density at radius 3 is 2.11 bits per heavy atom. The van der Waals surface area contributed by atoms with Crippen molar-refractivity contribution in [2.24, 2.45) is 0 Å². The van der Waals surface area contributed by atoms with Gasteiger partial charge in [0.2, 0.25) is 5.91 Å². The van der Waals surface area contributed by atoms with Gasteiger partial charge in [0.05, 0.1) is 6.54 Å². The maximum atomic E-state index is 12.7. The van der Waals surface area contributed by atoms with Crippen molar-refractivity contribution in [2.75, 3.05) is 27.2 Å². The van der Waals surface area contributed by atoms with Gasteiger partial charge >= 0.3 is 5.97 Å². The second kappa shape index (κ2) is 7.90. The van der Waals surface area contributed by atoms with Gasteiger partial charge in [-0.15, -0.1) is 0 Å². The van der Waals surface area contributed by atoms with Crippen LogP contribution in [0, 0.1) is 0 Å². The maximum Gasteiger partial charge on any atom is 0.318 e. The zero-order valence-corrected chi connectivity index (χ0v) is 15.1. The lowest BCUT2D eigenvalue weighted by Crippen LogP contribution is -2.38. The van der Waals surface area contributed by atoms with E-state index in [4.69, 9.17) is 9.47 Å². The summed E-state index contributed by atoms with van der Waals surface area (Å²) in [5, 5.41) is 2.43. The van der Waals surface area contributed by atoms with E-state index in [1.165, 1.54) is 4.90 Å². The van der Waals surface area contributed by atoms with Crippen molar-refractivity contribution in [2.45, 2.75) is 5.92 Å². The third-order valence-corrected chi connectivity index (χ3v) is 4.20. The van der Waals surface area contributed by atoms with E-state index in [0.717, 1.165) is 0 Å². The number of ether oxygens (including phenoxy) is 2. The van der Waals surface area contributed by atoms with E-state index in [-0.39, 0.29) is 12.5 Å². The number of carbonyl (C=O) groups is 3. The largest absolute Gasteiger partial charge is 0.457 e. The molecule has 1 aliphatic heterocycles. The van der Waals surface area contributed by atoms with Crippen molar-refractivity contribution in [3.05, 3.63) is 59.7 Å². The van der Waals surface area contributed by atoms with Crippen molar-refractivity contribution in [1.29, 1.82) is 0 Å². The smallest absolute Gasteiger partial charge is 0.318 e. The van der Waals surface area contributed by atoms with Gasteiger partial charge in [0.25, 0.3) is 5.91 Å². The average Bonchev–Trinajstić information content (AvgIpc) is 2.68. The molecule has 1 aliphatic rings. The maximum absolute atomic E-state index is 12.7. The lowest BCUT2D eigenvalue weighted by Gasteiger charge is -2.26. The van der Waals surface area contributed by atoms with Gasteiger partial charge in [-0.3, -0.25) is 14.4 Å². The Kier molecular flexibility index (Phi) is 5.40. The van der Waals surface area contributed by atoms with Gasteiger partial charge in [-0.25, -0.2) is 0 Å². The number of fused-ring (bicyclic) bond motifs is 2. The second-order valence-corrected chi connectivity index (χ2v) is 6.28. The van der Waals surface area contributed by atoms with Crippen LogP contribution >= 0.6 is 0 Å². The van der Waals surface area contributed by atoms with Crippen molar-refractivity contribution < 1.29 is 23.9 Å². The van der Waals surface area contributed by atoms with E-state index >= 15 is 0 Å². The molecule has 0 spiro atoms. The second-order valence-electron chi connectivity index (χ2n) is 6.28. The zero-order chi connectivity index (χ0) is 19.4. The molecule has 3 rings (SSSR count). The minimum Gasteiger partial charge on any atom is -0.457 e. The number of carbonyl (C=O) groups excluding carboxylic acids is 3. The molecular weight excluding hydrogens is 348 g/mol. The lowest BCUT2D eigenvalue weighted by molar-refractivity contribution is -0.149. The molecule has 0 aromatic heterocycles. The molecule has 1 heterocycles. The summed E-state index contributed by atoms with van der Waals surface area (Å²) in [7, 11) is 3.18. The molecule has 0 aliphatic carbocycles. The van der Waals surface area contributed by atoms with Crippen LogP contribution in [0.25, 0.3) is 0 Å². The lowest BCUT2D eigenvalue weighted by atomic mass is 9.88. The van der Waals surface area contributed by atoms with Gasteiger partial charge in [-0.2, -0.15) is 0 Å². The summed E-state index contributed by atoms with van der Waals surface area (Å²) in [5.41, 5.74) is 1.37. The molecule has 2 amide bonds. The van der Waals surface area contributed by atoms with Gasteiger partial charge in [-0.1, -0.05) is 36.4 Å². The summed E-state index contributed by atoms with van der Waals surface area (Å²) in [6, 6.07) is 14.4. The van der Waals surface area contributed by atoms with E-state index in [2.05, 4.69) is 5.32 Å². The Bertz CT molecular complexity index is 833. The van der Waals surface area contributed by atoms with Crippen molar-refractivity contribution in [3.63, 3.8) is 0 Å². The first-order valence-electron chi connectivity index (χ1n) is 8.46. The van der Waals surface area contributed by atoms with Gasteiger partial charge in [0.15, 0.2) is 6.61 Å². The Morgan fingerprint density at radius 1 is 1.00 bits per heavy atom. The first kappa shape index (κ1) is 18.4. The predicted molar refractivity (Wildman–Crippen MR) is 97.5 cm³/mol. The Hall–Kier alpha value is -3.35. The molecule has 7 heteroatoms. The molecule has 1 N–H and O–H groups in total. The molecule has 27 heavy (non-hydrogen) atoms. The highest BCUT2D eigenvalue weighted by Crippen LogP contribution is 2.44. The SMILES string of the molecule is CN(C)C(=O)CNC(=O)COC(=O)C1c2ccccc2Oc2ccccc21. The first-order valence-corrected chi connectivity index (χ1v) is 8.46. The highest BCUT2D eigenvalue weighted by molar-refractivity contribution is 5.89. The summed E-state index contributed by atoms with van der Waals surface area (Å²) < 4.78 is 11.1. The zero-order valence-electron chi connectivity index (χ0n) is 15.1. The molecule has 0 unspecified atom stereocenters. The standard InChI is InChI=1S/C20H20N2O5/c1-22(2)18(24)11-21-17(23)12-26-20(25)19-13-7-3-5-9-15(13)27-16-10-6-4-8-14(16)19/h3-10,19H,11-12H2,1-2H3,(H,21,23). The first-order chi connectivity index (χ1) is 13.0. The summed E-state index contributed by atoms with van der Waals surface area (Å²) in [6.45, 7) is -0.604. The number of benzene rings is 2. The molecule has 2 aromatic carbocycles. The minimum absolute atomic E-state index is 0.147. The fourth-order valence-corrected chi connectivity index (χ4v) is 2.77. The van der Waals surface area contributed by atoms with E-state index in [0.29, 0.717) is 22.6 Å². The number of amides is 2. The van der Waals surface area contributed by atoms with Gasteiger partial charge in [-0.05, 0) is 12.1 Å². The van der Waals surface area contributed by atoms with Crippen LogP contribution in [0.4, 0.5) is 0 Å². The summed E-state index contributed by atoms with van der Waals surface area (Å²) in [4.78, 5) is 37.5. The van der Waals surface area contributed by atoms with Gasteiger partial charge in [0.1, 0.15) is 17.4 Å². The van der Waals surface area contributed by atoms with E-state index in [9.17, 15) is 14.4 Å². The summed E-state index contributed by atoms with van der Waals surface area (Å²) in [6.07, 6.45) is 0. The number of hydrogen-bond donors (Lipinski definition) is 1. The number of likely N-dealkylation sites (N-methyl/N-ethyl adjacent to an activating group) is 1. The number of nitrogens with zero attached hydrogens (tertiary/aromatic N) is 1. The number of nitrogens with one attached hydrogen (secondary N) is 1. The van der Waals surface area contributed by atoms with Crippen molar-refractivity contribution in [3.8, 4) is 11.5 Å². The fraction of sp³-hybridized carbons (Fsp3) is 0.250. The summed E-state index contributed by atoms with van der Waals surface area (Å²) >= 11 is 0. The minimum atomic E-state index is -0.678. The van der Waals surface area contributed by atoms with Crippen LogP contribution in [-0.4, -0.2) is 49.9 Å². The quantitative estimate of drug-likeness (QED) is 0.812. The topological polar surface area (TPSA) is 84.9 Å². The third kappa shape index (κ3) is 4.08. The van der Waals surface area contributed by atoms with Crippen LogP contribution in [0.2, 0.25) is 0 Å². The molecule has 2 aromatic rings. The number of hydrogen-bond acceptors (Lipinski definition) is 5. The molecule has 0 bridgehead atoms. The van der Waals surface area contributed by atoms with E-state index in [1.807, 2.05) is 24.3 Å². The normalized spacial score (nSPS) is 12.2. The molecule has 0 atom stereocenters. The average molecular weight is 368 g/mol. The fourth-order valence-electron chi connectivity index (χ4n) is 2.77. The molecule has 0 fully saturated rings. The number of esters is 1. The third-order valence-electron chi connectivity index (χ3n) is 4.20. The monoisotopic (exact) mass is 368 g/mol. The van der Waals surface area contributed by atoms with Crippen LogP contribution in [-0.2, 0) is 19.1 Å². The van der Waals surface area contributed by atoms with Crippen LogP contribution in [0.15, 0.2) is 48.5 Å². The Balaban J connectivity index is 1.70. The van der Waals surface area contributed by atoms with Crippen LogP contribution < -0.4 is 10.1 Å². The van der Waals surface area contributed by atoms with Crippen molar-refractivity contribution in [1.82, 2.24) is 10.2 Å². The molecule has 0 saturated carbocycles. The highest BCUT2D eigenvalue weighted by Gasteiger charge is 2.33. The Labute approximate surface area is 156 Å². The van der Waals surface area contributed by atoms with E-state index < -0.39 is 24.4 Å². The number of rotatable bonds is 5. The van der Waals surface area contributed by atoms with Gasteiger partial charge in [0, 0.05) is 25.2 Å². The Morgan fingerprint density at radius 2 is 1.56 bits per heavy atom. The molecule has 0 saturated heterocycles.